The van der Waals surface area contributed by atoms with Crippen LogP contribution in [0, 0.1) is 0 Å². The maximum atomic E-state index is 3.93. The van der Waals surface area contributed by atoms with E-state index in [0.717, 1.165) is 0 Å². The second-order valence-electron chi connectivity index (χ2n) is 8.75. The molecule has 0 spiro atoms. The monoisotopic (exact) mass is 2580 g/mol. The Balaban J connectivity index is 6.55. The first-order valence-corrected chi connectivity index (χ1v) is 33.9. The van der Waals surface area contributed by atoms with E-state index in [1.54, 1.807) is 0 Å². The molecule has 47 heavy (non-hydrogen) atoms. The normalized spacial score (nSPS) is 17.0. The molecule has 0 radical (unpaired) electrons. The number of alkyl halides is 30. The van der Waals surface area contributed by atoms with E-state index >= 15 is 0 Å². The molecule has 0 fully saturated rings. The van der Waals surface area contributed by atoms with Gasteiger partial charge in [0.15, 0.2) is 4.29 Å². The van der Waals surface area contributed by atoms with Crippen molar-refractivity contribution in [1.82, 2.24) is 5.32 Å². The van der Waals surface area contributed by atoms with E-state index in [-0.39, 0.29) is 0 Å². The fraction of sp³-hybridized carbons (Fsp3) is 1.00. The smallest absolute Gasteiger partial charge is 0.162 e. The Bertz CT molecular complexity index is 1020. The Kier molecular flexibility index (Phi) is 27.0. The van der Waals surface area contributed by atoms with Crippen LogP contribution in [-0.4, -0.2) is 56.2 Å². The zero-order valence-corrected chi connectivity index (χ0v) is 67.8. The summed E-state index contributed by atoms with van der Waals surface area (Å²) in [6, 6.07) is 0. The highest BCUT2D eigenvalue weighted by atomic mass is 80.0. The molecule has 0 aromatic rings. The molecule has 0 unspecified atom stereocenters. The Morgan fingerprint density at radius 2 is 0.362 bits per heavy atom. The highest BCUT2D eigenvalue weighted by molar-refractivity contribution is 9.43. The second-order valence-corrected chi connectivity index (χ2v) is 64.2. The summed E-state index contributed by atoms with van der Waals surface area (Å²) in [4.78, 5) is 0. The lowest BCUT2D eigenvalue weighted by atomic mass is 10.1. The summed E-state index contributed by atoms with van der Waals surface area (Å²) >= 11 is 115. The van der Waals surface area contributed by atoms with Crippen LogP contribution in [0.2, 0.25) is 0 Å². The second kappa shape index (κ2) is 20.7. The first-order chi connectivity index (χ1) is 19.7. The lowest BCUT2D eigenvalue weighted by Crippen LogP contribution is -2.68. The molecule has 284 valence electrons. The molecule has 0 aromatic carbocycles. The van der Waals surface area contributed by atoms with Crippen molar-refractivity contribution in [3.8, 4) is 0 Å². The third kappa shape index (κ3) is 12.1. The molecule has 0 aliphatic carbocycles. The van der Waals surface area contributed by atoms with Gasteiger partial charge in [-0.1, -0.05) is 478 Å². The molecule has 0 heterocycles. The van der Waals surface area contributed by atoms with Crippen LogP contribution in [0.5, 0.6) is 0 Å². The van der Waals surface area contributed by atoms with Crippen molar-refractivity contribution < 1.29 is 0 Å². The van der Waals surface area contributed by atoms with Crippen molar-refractivity contribution in [2.24, 2.45) is 0 Å². The van der Waals surface area contributed by atoms with Gasteiger partial charge in [-0.05, 0) is 0 Å². The molecule has 0 aliphatic heterocycles. The summed E-state index contributed by atoms with van der Waals surface area (Å²) in [7, 11) is 0. The molecule has 1 N–H and O–H groups in total. The topological polar surface area (TPSA) is 12.0 Å². The van der Waals surface area contributed by atoms with Crippen molar-refractivity contribution in [1.29, 1.82) is 0 Å². The van der Waals surface area contributed by atoms with Gasteiger partial charge in [-0.15, -0.1) is 0 Å². The van der Waals surface area contributed by atoms with Gasteiger partial charge in [0.05, 0.1) is 0 Å². The zero-order valence-electron chi connectivity index (χ0n) is 20.3. The highest BCUT2D eigenvalue weighted by Gasteiger charge is 2.77. The van der Waals surface area contributed by atoms with Gasteiger partial charge < -0.3 is 5.32 Å². The predicted molar refractivity (Wildman–Crippen MR) is 319 cm³/mol. The van der Waals surface area contributed by atoms with Crippen LogP contribution >= 0.6 is 478 Å². The predicted octanol–water partition coefficient (Wildman–Crippen LogP) is 22.1. The van der Waals surface area contributed by atoms with Gasteiger partial charge in [0, 0.05) is 13.1 Å². The van der Waals surface area contributed by atoms with Crippen LogP contribution in [0.3, 0.4) is 0 Å². The molecular formula is C16H5Br30N. The maximum Gasteiger partial charge on any atom is 0.162 e. The van der Waals surface area contributed by atoms with E-state index < -0.39 is 43.1 Å². The SMILES string of the molecule is BrC(Br)(Br)C(Br)(Br)C(Br)(Br)C(Br)(Br)C(Br)(Br)C(Br)(Br)C(Br)(Br)CNCC(Br)(Br)C(Br)(Br)C(Br)(Br)C(Br)(Br)C(Br)(Br)C(Br)(Br)C(Br)(Br)Br. The Morgan fingerprint density at radius 3 is 0.532 bits per heavy atom. The first kappa shape index (κ1) is 61.4. The van der Waals surface area contributed by atoms with Gasteiger partial charge in [-0.3, -0.25) is 0 Å². The number of halogens is 30. The minimum absolute atomic E-state index is 0.343. The third-order valence-corrected chi connectivity index (χ3v) is 64.3. The summed E-state index contributed by atoms with van der Waals surface area (Å²) in [5.74, 6) is 0. The van der Waals surface area contributed by atoms with Crippen molar-refractivity contribution in [2.45, 2.75) is 43.1 Å². The summed E-state index contributed by atoms with van der Waals surface area (Å²) in [6.07, 6.45) is 0. The van der Waals surface area contributed by atoms with E-state index in [4.69, 9.17) is 0 Å². The lowest BCUT2D eigenvalue weighted by Gasteiger charge is -2.56. The van der Waals surface area contributed by atoms with Crippen molar-refractivity contribution in [2.75, 3.05) is 13.1 Å². The van der Waals surface area contributed by atoms with Crippen LogP contribution in [-0.2, 0) is 0 Å². The molecule has 0 amide bonds. The molecule has 0 rings (SSSR count). The van der Waals surface area contributed by atoms with Crippen LogP contribution in [0.25, 0.3) is 0 Å². The van der Waals surface area contributed by atoms with Crippen molar-refractivity contribution >= 4 is 478 Å². The number of rotatable bonds is 14. The van der Waals surface area contributed by atoms with Gasteiger partial charge in [0.25, 0.3) is 0 Å². The number of nitrogens with one attached hydrogen (secondary N) is 1. The van der Waals surface area contributed by atoms with Crippen molar-refractivity contribution in [3.05, 3.63) is 0 Å². The van der Waals surface area contributed by atoms with E-state index in [2.05, 4.69) is 483 Å². The Hall–Kier alpha value is 14.4. The average molecular weight is 2610 g/mol. The number of hydrogen-bond donors (Lipinski definition) is 1. The fourth-order valence-electron chi connectivity index (χ4n) is 2.60. The quantitative estimate of drug-likeness (QED) is 0.171. The molecule has 0 bridgehead atoms. The first-order valence-electron chi connectivity index (χ1n) is 10.1. The molecule has 1 nitrogen and oxygen atoms in total. The van der Waals surface area contributed by atoms with Crippen LogP contribution in [0.15, 0.2) is 0 Å². The largest absolute Gasteiger partial charge is 0.312 e. The Labute approximate surface area is 526 Å². The highest BCUT2D eigenvalue weighted by Crippen LogP contribution is 2.78. The molecule has 0 atom stereocenters. The molecule has 0 aliphatic rings. The minimum atomic E-state index is -1.06. The lowest BCUT2D eigenvalue weighted by molar-refractivity contribution is 0.536. The third-order valence-electron chi connectivity index (χ3n) is 5.48. The van der Waals surface area contributed by atoms with Crippen LogP contribution < -0.4 is 5.32 Å². The molecule has 0 aromatic heterocycles. The van der Waals surface area contributed by atoms with E-state index in [1.807, 2.05) is 0 Å². The standard InChI is InChI=1S/C16H5Br30N/c17-3(18,5(21,22)7(25,26)9(29,30)11(33,34)13(37,38)15(41,42)43)1-47-2-4(19,20)6(23,24)8(27,28)10(31,32)12(35,36)14(39,40)16(44,45)46/h47H,1-2H2. The molecule has 0 saturated carbocycles. The van der Waals surface area contributed by atoms with Gasteiger partial charge in [0.2, 0.25) is 0 Å². The summed E-state index contributed by atoms with van der Waals surface area (Å²) in [5.41, 5.74) is 0. The fourth-order valence-corrected chi connectivity index (χ4v) is 28.3. The average Bonchev–Trinajstić information content (AvgIpc) is 2.80. The zero-order chi connectivity index (χ0) is 39.1. The van der Waals surface area contributed by atoms with Crippen LogP contribution in [0.4, 0.5) is 0 Å². The summed E-state index contributed by atoms with van der Waals surface area (Å²) < 4.78 is -13.6. The number of hydrogen-bond acceptors (Lipinski definition) is 1. The minimum Gasteiger partial charge on any atom is -0.312 e. The van der Waals surface area contributed by atoms with Gasteiger partial charge in [-0.2, -0.15) is 0 Å². The van der Waals surface area contributed by atoms with Crippen molar-refractivity contribution in [3.63, 3.8) is 0 Å². The van der Waals surface area contributed by atoms with Crippen LogP contribution in [0.1, 0.15) is 0 Å². The van der Waals surface area contributed by atoms with E-state index in [0.29, 0.717) is 13.1 Å². The summed E-state index contributed by atoms with van der Waals surface area (Å²) in [6.45, 7) is 0.686. The molecule has 0 saturated heterocycles. The van der Waals surface area contributed by atoms with Gasteiger partial charge in [0.1, 0.15) is 38.8 Å². The van der Waals surface area contributed by atoms with Gasteiger partial charge in [-0.25, -0.2) is 0 Å². The van der Waals surface area contributed by atoms with Gasteiger partial charge >= 0.3 is 0 Å². The molecule has 31 heteroatoms. The maximum absolute atomic E-state index is 3.93. The summed E-state index contributed by atoms with van der Waals surface area (Å²) in [5, 5.41) is 3.53. The molecular weight excluding hydrogens is 2600 g/mol. The Morgan fingerprint density at radius 1 is 0.213 bits per heavy atom. The van der Waals surface area contributed by atoms with E-state index in [9.17, 15) is 0 Å². The van der Waals surface area contributed by atoms with E-state index in [1.165, 1.54) is 0 Å².